The van der Waals surface area contributed by atoms with Crippen LogP contribution in [0.1, 0.15) is 0 Å². The zero-order chi connectivity index (χ0) is 45.0. The van der Waals surface area contributed by atoms with Gasteiger partial charge in [-0.1, -0.05) is 0 Å². The van der Waals surface area contributed by atoms with Crippen molar-refractivity contribution in [2.45, 2.75) is 74.1 Å². The van der Waals surface area contributed by atoms with Crippen molar-refractivity contribution in [2.75, 3.05) is 0 Å². The van der Waals surface area contributed by atoms with Crippen molar-refractivity contribution in [3.05, 3.63) is 0 Å². The van der Waals surface area contributed by atoms with Crippen LogP contribution in [0, 0.1) is 32.5 Å². The first-order chi connectivity index (χ1) is 22.5. The van der Waals surface area contributed by atoms with Gasteiger partial charge >= 0.3 is 74.1 Å². The first kappa shape index (κ1) is 49.5. The lowest BCUT2D eigenvalue weighted by atomic mass is 9.21. The molecule has 0 saturated heterocycles. The Balaban J connectivity index is 6.84. The van der Waals surface area contributed by atoms with E-state index in [0.717, 1.165) is 0 Å². The van der Waals surface area contributed by atoms with E-state index >= 15 is 0 Å². The summed E-state index contributed by atoms with van der Waals surface area (Å²) >= 11 is 0. The molecular formula is C18F36. The van der Waals surface area contributed by atoms with Crippen LogP contribution in [0.5, 0.6) is 0 Å². The van der Waals surface area contributed by atoms with Gasteiger partial charge in [0.15, 0.2) is 0 Å². The largest absolute Gasteiger partial charge is 0.405 e. The number of hydrogen-bond donors (Lipinski definition) is 0. The topological polar surface area (TPSA) is 0 Å². The van der Waals surface area contributed by atoms with E-state index in [9.17, 15) is 158 Å². The number of rotatable bonds is 0. The molecule has 1 aliphatic rings. The van der Waals surface area contributed by atoms with Gasteiger partial charge in [-0.15, -0.1) is 0 Å². The molecule has 54 heavy (non-hydrogen) atoms. The van der Waals surface area contributed by atoms with E-state index < -0.39 is 107 Å². The molecule has 1 aliphatic carbocycles. The van der Waals surface area contributed by atoms with Gasteiger partial charge in [0, 0.05) is 0 Å². The molecule has 1 saturated carbocycles. The number of halogens is 36. The summed E-state index contributed by atoms with van der Waals surface area (Å²) in [5, 5.41) is 0. The smallest absolute Gasteiger partial charge is 0.170 e. The van der Waals surface area contributed by atoms with E-state index in [0.29, 0.717) is 0 Å². The van der Waals surface area contributed by atoms with E-state index in [-0.39, 0.29) is 0 Å². The highest BCUT2D eigenvalue weighted by Gasteiger charge is 3.26. The van der Waals surface area contributed by atoms with Crippen molar-refractivity contribution in [3.8, 4) is 0 Å². The quantitative estimate of drug-likeness (QED) is 0.213. The Hall–Kier alpha value is -2.52. The third kappa shape index (κ3) is 4.57. The molecule has 0 nitrogen and oxygen atoms in total. The van der Waals surface area contributed by atoms with Gasteiger partial charge in [0.1, 0.15) is 0 Å². The molecule has 0 radical (unpaired) electrons. The van der Waals surface area contributed by atoms with Gasteiger partial charge in [-0.2, -0.15) is 158 Å². The Kier molecular flexibility index (Phi) is 10.2. The van der Waals surface area contributed by atoms with Crippen molar-refractivity contribution in [1.82, 2.24) is 0 Å². The maximum Gasteiger partial charge on any atom is 0.405 e. The lowest BCUT2D eigenvalue weighted by Gasteiger charge is -2.77. The van der Waals surface area contributed by atoms with E-state index in [1.807, 2.05) is 0 Å². The van der Waals surface area contributed by atoms with Gasteiger partial charge in [0.25, 0.3) is 0 Å². The SMILES string of the molecule is FC(F)(F)C1(C(F)(F)F)C(C(F)(F)F)(C(F)(F)F)C(C(F)(F)F)(C(F)(F)F)C(C(F)(F)F)(C(F)(F)F)C(C(F)(F)F)(C(F)(F)F)C1(C(F)(F)F)C(F)(F)F. The van der Waals surface area contributed by atoms with Crippen LogP contribution in [0.4, 0.5) is 158 Å². The van der Waals surface area contributed by atoms with Crippen molar-refractivity contribution >= 4 is 0 Å². The second-order valence-electron chi connectivity index (χ2n) is 10.5. The maximum absolute atomic E-state index is 14.5. The van der Waals surface area contributed by atoms with Crippen LogP contribution >= 0.6 is 0 Å². The van der Waals surface area contributed by atoms with E-state index in [4.69, 9.17) is 0 Å². The van der Waals surface area contributed by atoms with Crippen LogP contribution in [-0.4, -0.2) is 74.1 Å². The first-order valence-electron chi connectivity index (χ1n) is 11.3. The van der Waals surface area contributed by atoms with Crippen molar-refractivity contribution in [1.29, 1.82) is 0 Å². The normalized spacial score (nSPS) is 23.3. The molecule has 0 amide bonds. The molecule has 0 bridgehead atoms. The minimum Gasteiger partial charge on any atom is -0.170 e. The molecule has 1 fully saturated rings. The third-order valence-corrected chi connectivity index (χ3v) is 8.48. The van der Waals surface area contributed by atoms with Gasteiger partial charge in [0.05, 0.1) is 0 Å². The zero-order valence-corrected chi connectivity index (χ0v) is 22.6. The summed E-state index contributed by atoms with van der Waals surface area (Å²) in [6.07, 6.45) is -137. The molecule has 0 N–H and O–H groups in total. The summed E-state index contributed by atoms with van der Waals surface area (Å²) in [5.41, 5.74) is -76.1. The van der Waals surface area contributed by atoms with E-state index in [1.165, 1.54) is 0 Å². The Morgan fingerprint density at radius 1 is 0.111 bits per heavy atom. The molecule has 1 rings (SSSR count). The molecular weight excluding hydrogens is 900 g/mol. The minimum atomic E-state index is -12.7. The summed E-state index contributed by atoms with van der Waals surface area (Å²) < 4.78 is 523. The lowest BCUT2D eigenvalue weighted by molar-refractivity contribution is -0.696. The molecule has 36 heteroatoms. The Bertz CT molecular complexity index is 995. The predicted molar refractivity (Wildman–Crippen MR) is 87.3 cm³/mol. The van der Waals surface area contributed by atoms with E-state index in [1.54, 1.807) is 0 Å². The highest BCUT2D eigenvalue weighted by molar-refractivity contribution is 5.45. The minimum absolute atomic E-state index is 11.4. The molecule has 0 aliphatic heterocycles. The van der Waals surface area contributed by atoms with Crippen LogP contribution in [0.15, 0.2) is 0 Å². The van der Waals surface area contributed by atoms with Crippen molar-refractivity contribution in [2.24, 2.45) is 32.5 Å². The third-order valence-electron chi connectivity index (χ3n) is 8.48. The Morgan fingerprint density at radius 2 is 0.148 bits per heavy atom. The van der Waals surface area contributed by atoms with Crippen LogP contribution in [-0.2, 0) is 0 Å². The lowest BCUT2D eigenvalue weighted by Crippen LogP contribution is -3.02. The standard InChI is InChI=1S/C18F36/c19-7(20,21)1(8(22,23)24)2(9(25,26)27,10(28,29)30)4(13(37,38)39,14(40,41)42)6(17(49,50)51,18(52,53)54)5(15(43,44)45,16(46,47)48)3(1,11(31,32)33)12(34,35)36. The Labute approximate surface area is 266 Å². The summed E-state index contributed by atoms with van der Waals surface area (Å²) in [7, 11) is 0. The molecule has 324 valence electrons. The number of alkyl halides is 36. The summed E-state index contributed by atoms with van der Waals surface area (Å²) in [5.74, 6) is 0. The van der Waals surface area contributed by atoms with Crippen molar-refractivity contribution in [3.63, 3.8) is 0 Å². The number of hydrogen-bond acceptors (Lipinski definition) is 0. The van der Waals surface area contributed by atoms with Crippen LogP contribution < -0.4 is 0 Å². The molecule has 0 atom stereocenters. The molecule has 0 aromatic rings. The first-order valence-corrected chi connectivity index (χ1v) is 11.3. The Morgan fingerprint density at radius 3 is 0.167 bits per heavy atom. The maximum atomic E-state index is 14.5. The molecule has 0 unspecified atom stereocenters. The highest BCUT2D eigenvalue weighted by atomic mass is 19.5. The second-order valence-corrected chi connectivity index (χ2v) is 10.5. The molecule has 0 spiro atoms. The molecule has 0 aromatic carbocycles. The fraction of sp³-hybridized carbons (Fsp3) is 1.00. The van der Waals surface area contributed by atoms with E-state index in [2.05, 4.69) is 0 Å². The van der Waals surface area contributed by atoms with Crippen molar-refractivity contribution < 1.29 is 158 Å². The van der Waals surface area contributed by atoms with Gasteiger partial charge in [0.2, 0.25) is 32.5 Å². The van der Waals surface area contributed by atoms with Crippen LogP contribution in [0.2, 0.25) is 0 Å². The summed E-state index contributed by atoms with van der Waals surface area (Å²) in [6.45, 7) is 0. The fourth-order valence-corrected chi connectivity index (χ4v) is 7.75. The average molecular weight is 900 g/mol. The highest BCUT2D eigenvalue weighted by Crippen LogP contribution is 3.02. The van der Waals surface area contributed by atoms with Gasteiger partial charge in [-0.05, 0) is 0 Å². The van der Waals surface area contributed by atoms with Gasteiger partial charge < -0.3 is 0 Å². The van der Waals surface area contributed by atoms with Gasteiger partial charge in [-0.3, -0.25) is 0 Å². The van der Waals surface area contributed by atoms with Gasteiger partial charge in [-0.25, -0.2) is 0 Å². The predicted octanol–water partition coefficient (Wildman–Crippen LogP) is 12.7. The zero-order valence-electron chi connectivity index (χ0n) is 22.6. The molecule has 0 heterocycles. The van der Waals surface area contributed by atoms with Crippen LogP contribution in [0.25, 0.3) is 0 Å². The fourth-order valence-electron chi connectivity index (χ4n) is 7.75. The average Bonchev–Trinajstić information content (AvgIpc) is 2.71. The summed E-state index contributed by atoms with van der Waals surface area (Å²) in [6, 6.07) is 0. The monoisotopic (exact) mass is 900 g/mol. The van der Waals surface area contributed by atoms with Crippen LogP contribution in [0.3, 0.4) is 0 Å². The molecule has 0 aromatic heterocycles. The summed E-state index contributed by atoms with van der Waals surface area (Å²) in [4.78, 5) is 0. The second kappa shape index (κ2) is 11.1.